The number of aromatic hydroxyl groups is 2. The van der Waals surface area contributed by atoms with E-state index in [9.17, 15) is 19.8 Å². The highest BCUT2D eigenvalue weighted by atomic mass is 16.5. The lowest BCUT2D eigenvalue weighted by molar-refractivity contribution is -0.141. The fraction of sp³-hybridized carbons (Fsp3) is 0.280. The number of amides is 1. The Labute approximate surface area is 186 Å². The number of fused-ring (bicyclic) bond motifs is 3. The van der Waals surface area contributed by atoms with Gasteiger partial charge in [0.1, 0.15) is 6.61 Å². The van der Waals surface area contributed by atoms with Gasteiger partial charge in [0.2, 0.25) is 5.91 Å². The number of rotatable bonds is 7. The fourth-order valence-corrected chi connectivity index (χ4v) is 4.27. The zero-order valence-corrected chi connectivity index (χ0v) is 18.1. The maximum Gasteiger partial charge on any atom is 0.302 e. The molecular weight excluding hydrogens is 408 g/mol. The number of anilines is 1. The second-order valence-corrected chi connectivity index (χ2v) is 7.90. The van der Waals surface area contributed by atoms with Crippen LogP contribution in [0.1, 0.15) is 42.9 Å². The van der Waals surface area contributed by atoms with E-state index in [1.165, 1.54) is 17.6 Å². The summed E-state index contributed by atoms with van der Waals surface area (Å²) in [7, 11) is 0. The summed E-state index contributed by atoms with van der Waals surface area (Å²) in [5.41, 5.74) is 5.54. The van der Waals surface area contributed by atoms with E-state index in [1.54, 1.807) is 0 Å². The van der Waals surface area contributed by atoms with E-state index in [0.717, 1.165) is 22.3 Å². The lowest BCUT2D eigenvalue weighted by Crippen LogP contribution is -2.15. The summed E-state index contributed by atoms with van der Waals surface area (Å²) in [6.07, 6.45) is 0.678. The van der Waals surface area contributed by atoms with Gasteiger partial charge < -0.3 is 20.3 Å². The summed E-state index contributed by atoms with van der Waals surface area (Å²) in [4.78, 5) is 23.9. The van der Waals surface area contributed by atoms with Gasteiger partial charge >= 0.3 is 5.97 Å². The van der Waals surface area contributed by atoms with E-state index in [0.29, 0.717) is 17.7 Å². The van der Waals surface area contributed by atoms with Gasteiger partial charge in [-0.05, 0) is 40.8 Å². The van der Waals surface area contributed by atoms with E-state index < -0.39 is 0 Å². The molecular formula is C25H26N2O5. The van der Waals surface area contributed by atoms with Gasteiger partial charge in [-0.1, -0.05) is 37.3 Å². The van der Waals surface area contributed by atoms with Crippen LogP contribution in [-0.2, 0) is 27.3 Å². The van der Waals surface area contributed by atoms with E-state index in [1.807, 2.05) is 49.4 Å². The molecule has 0 spiro atoms. The third-order valence-electron chi connectivity index (χ3n) is 5.86. The highest BCUT2D eigenvalue weighted by Crippen LogP contribution is 2.45. The molecule has 1 heterocycles. The average molecular weight is 434 g/mol. The fourth-order valence-electron chi connectivity index (χ4n) is 4.27. The van der Waals surface area contributed by atoms with Crippen molar-refractivity contribution < 1.29 is 24.5 Å². The van der Waals surface area contributed by atoms with Crippen LogP contribution in [0.3, 0.4) is 0 Å². The van der Waals surface area contributed by atoms with Gasteiger partial charge in [0.15, 0.2) is 11.8 Å². The SMILES string of the molecule is CCc1cc(O)n(CCC(=O)Nc2ccc3c(c2)C(COC(C)=O)c2ccccc2-3)c1O. The molecule has 0 fully saturated rings. The molecule has 1 atom stereocenters. The quantitative estimate of drug-likeness (QED) is 0.485. The maximum absolute atomic E-state index is 12.5. The Morgan fingerprint density at radius 3 is 2.53 bits per heavy atom. The first kappa shape index (κ1) is 21.5. The van der Waals surface area contributed by atoms with Crippen LogP contribution in [0.25, 0.3) is 11.1 Å². The van der Waals surface area contributed by atoms with Crippen molar-refractivity contribution in [2.24, 2.45) is 0 Å². The summed E-state index contributed by atoms with van der Waals surface area (Å²) >= 11 is 0. The summed E-state index contributed by atoms with van der Waals surface area (Å²) in [6.45, 7) is 3.67. The summed E-state index contributed by atoms with van der Waals surface area (Å²) in [5, 5.41) is 23.0. The summed E-state index contributed by atoms with van der Waals surface area (Å²) < 4.78 is 6.63. The van der Waals surface area contributed by atoms with Gasteiger partial charge in [-0.2, -0.15) is 0 Å². The molecule has 7 heteroatoms. The van der Waals surface area contributed by atoms with Crippen LogP contribution in [0.2, 0.25) is 0 Å². The number of nitrogens with one attached hydrogen (secondary N) is 1. The molecule has 166 valence electrons. The molecule has 1 aromatic heterocycles. The number of aryl methyl sites for hydroxylation is 1. The smallest absolute Gasteiger partial charge is 0.302 e. The molecule has 0 saturated carbocycles. The highest BCUT2D eigenvalue weighted by molar-refractivity contribution is 5.92. The number of carbonyl (C=O) groups excluding carboxylic acids is 2. The maximum atomic E-state index is 12.5. The zero-order valence-electron chi connectivity index (χ0n) is 18.1. The third-order valence-corrected chi connectivity index (χ3v) is 5.86. The molecule has 1 unspecified atom stereocenters. The molecule has 3 aromatic rings. The van der Waals surface area contributed by atoms with Crippen molar-refractivity contribution in [2.45, 2.75) is 39.2 Å². The average Bonchev–Trinajstić information content (AvgIpc) is 3.23. The van der Waals surface area contributed by atoms with Crippen LogP contribution in [-0.4, -0.2) is 33.3 Å². The van der Waals surface area contributed by atoms with Crippen molar-refractivity contribution in [3.8, 4) is 22.9 Å². The van der Waals surface area contributed by atoms with Crippen LogP contribution >= 0.6 is 0 Å². The van der Waals surface area contributed by atoms with Crippen LogP contribution < -0.4 is 5.32 Å². The number of benzene rings is 2. The number of carbonyl (C=O) groups is 2. The van der Waals surface area contributed by atoms with E-state index in [-0.39, 0.29) is 49.1 Å². The zero-order chi connectivity index (χ0) is 22.8. The first-order chi connectivity index (χ1) is 15.4. The Morgan fingerprint density at radius 1 is 1.06 bits per heavy atom. The van der Waals surface area contributed by atoms with Gasteiger partial charge in [-0.15, -0.1) is 0 Å². The van der Waals surface area contributed by atoms with E-state index in [2.05, 4.69) is 5.32 Å². The van der Waals surface area contributed by atoms with Crippen molar-refractivity contribution >= 4 is 17.6 Å². The van der Waals surface area contributed by atoms with Crippen LogP contribution in [0.15, 0.2) is 48.5 Å². The predicted octanol–water partition coefficient (Wildman–Crippen LogP) is 4.17. The van der Waals surface area contributed by atoms with Gasteiger partial charge in [-0.3, -0.25) is 14.2 Å². The van der Waals surface area contributed by atoms with Crippen molar-refractivity contribution in [2.75, 3.05) is 11.9 Å². The normalized spacial score (nSPS) is 14.0. The molecule has 0 bridgehead atoms. The van der Waals surface area contributed by atoms with Crippen molar-refractivity contribution in [3.63, 3.8) is 0 Å². The van der Waals surface area contributed by atoms with Crippen molar-refractivity contribution in [3.05, 3.63) is 65.2 Å². The van der Waals surface area contributed by atoms with Crippen molar-refractivity contribution in [1.82, 2.24) is 4.57 Å². The van der Waals surface area contributed by atoms with Gasteiger partial charge in [0, 0.05) is 43.1 Å². The number of aromatic nitrogens is 1. The minimum absolute atomic E-state index is 0.0126. The van der Waals surface area contributed by atoms with Crippen LogP contribution in [0, 0.1) is 0 Å². The first-order valence-electron chi connectivity index (χ1n) is 10.7. The van der Waals surface area contributed by atoms with Gasteiger partial charge in [0.05, 0.1) is 0 Å². The molecule has 7 nitrogen and oxygen atoms in total. The minimum Gasteiger partial charge on any atom is -0.494 e. The largest absolute Gasteiger partial charge is 0.494 e. The Kier molecular flexibility index (Phi) is 5.90. The Bertz CT molecular complexity index is 1180. The second-order valence-electron chi connectivity index (χ2n) is 7.90. The Balaban J connectivity index is 1.50. The topological polar surface area (TPSA) is 101 Å². The summed E-state index contributed by atoms with van der Waals surface area (Å²) in [6, 6.07) is 15.3. The van der Waals surface area contributed by atoms with Crippen LogP contribution in [0.4, 0.5) is 5.69 Å². The predicted molar refractivity (Wildman–Crippen MR) is 121 cm³/mol. The minimum atomic E-state index is -0.330. The van der Waals surface area contributed by atoms with Crippen LogP contribution in [0.5, 0.6) is 11.8 Å². The standard InChI is InChI=1S/C25H26N2O5/c1-3-16-12-24(30)27(25(16)31)11-10-23(29)26-17-8-9-20-18-6-4-5-7-19(18)22(21(20)13-17)14-32-15(2)28/h4-9,12-13,22,30-31H,3,10-11,14H2,1-2H3,(H,26,29). The number of hydrogen-bond donors (Lipinski definition) is 3. The molecule has 1 aliphatic carbocycles. The highest BCUT2D eigenvalue weighted by Gasteiger charge is 2.29. The molecule has 0 saturated heterocycles. The molecule has 0 aliphatic heterocycles. The first-order valence-corrected chi connectivity index (χ1v) is 10.7. The van der Waals surface area contributed by atoms with Crippen molar-refractivity contribution in [1.29, 1.82) is 0 Å². The molecule has 1 amide bonds. The monoisotopic (exact) mass is 434 g/mol. The second kappa shape index (κ2) is 8.78. The van der Waals surface area contributed by atoms with Gasteiger partial charge in [0.25, 0.3) is 0 Å². The van der Waals surface area contributed by atoms with E-state index >= 15 is 0 Å². The number of esters is 1. The molecule has 1 aliphatic rings. The lowest BCUT2D eigenvalue weighted by Gasteiger charge is -2.14. The molecule has 3 N–H and O–H groups in total. The number of ether oxygens (including phenoxy) is 1. The number of hydrogen-bond acceptors (Lipinski definition) is 5. The number of nitrogens with zero attached hydrogens (tertiary/aromatic N) is 1. The Morgan fingerprint density at radius 2 is 1.81 bits per heavy atom. The van der Waals surface area contributed by atoms with Gasteiger partial charge in [-0.25, -0.2) is 0 Å². The molecule has 32 heavy (non-hydrogen) atoms. The molecule has 0 radical (unpaired) electrons. The summed E-state index contributed by atoms with van der Waals surface area (Å²) in [5.74, 6) is -0.731. The van der Waals surface area contributed by atoms with E-state index in [4.69, 9.17) is 4.74 Å². The molecule has 2 aromatic carbocycles. The lowest BCUT2D eigenvalue weighted by atomic mass is 9.97. The third kappa shape index (κ3) is 4.06. The molecule has 4 rings (SSSR count). The Hall–Kier alpha value is -3.74.